The fourth-order valence-corrected chi connectivity index (χ4v) is 2.06. The molecule has 0 radical (unpaired) electrons. The summed E-state index contributed by atoms with van der Waals surface area (Å²) in [6, 6.07) is 0. The Morgan fingerprint density at radius 2 is 2.33 bits per heavy atom. The van der Waals surface area contributed by atoms with Gasteiger partial charge in [-0.1, -0.05) is 0 Å². The van der Waals surface area contributed by atoms with Gasteiger partial charge in [-0.2, -0.15) is 0 Å². The first-order valence-corrected chi connectivity index (χ1v) is 5.58. The minimum atomic E-state index is -0.698. The maximum Gasteiger partial charge on any atom is 0.186 e. The van der Waals surface area contributed by atoms with Crippen LogP contribution in [-0.2, 0) is 4.74 Å². The lowest BCUT2D eigenvalue weighted by Gasteiger charge is -2.11. The Kier molecular flexibility index (Phi) is 2.62. The van der Waals surface area contributed by atoms with Crippen molar-refractivity contribution in [1.29, 1.82) is 0 Å². The van der Waals surface area contributed by atoms with E-state index in [1.54, 1.807) is 10.9 Å². The Hall–Kier alpha value is -1.77. The van der Waals surface area contributed by atoms with E-state index in [-0.39, 0.29) is 6.61 Å². The summed E-state index contributed by atoms with van der Waals surface area (Å²) < 4.78 is 7.04. The Labute approximate surface area is 102 Å². The summed E-state index contributed by atoms with van der Waals surface area (Å²) in [5.41, 5.74) is 6.19. The second-order valence-electron chi connectivity index (χ2n) is 4.22. The number of nitrogens with zero attached hydrogens (tertiary/aromatic N) is 4. The summed E-state index contributed by atoms with van der Waals surface area (Å²) in [4.78, 5) is 7.88. The maximum absolute atomic E-state index is 9.67. The van der Waals surface area contributed by atoms with Crippen molar-refractivity contribution in [3.05, 3.63) is 12.5 Å². The lowest BCUT2D eigenvalue weighted by molar-refractivity contribution is -0.0482. The molecule has 4 N–H and O–H groups in total. The molecule has 8 nitrogen and oxygen atoms in total. The van der Waals surface area contributed by atoms with Gasteiger partial charge in [0.25, 0.3) is 0 Å². The van der Waals surface area contributed by atoms with E-state index in [4.69, 9.17) is 15.6 Å². The van der Waals surface area contributed by atoms with Gasteiger partial charge in [0.1, 0.15) is 18.2 Å². The third kappa shape index (κ3) is 1.70. The number of fused-ring (bicyclic) bond motifs is 1. The second-order valence-corrected chi connectivity index (χ2v) is 4.22. The van der Waals surface area contributed by atoms with Crippen LogP contribution in [-0.4, -0.2) is 48.8 Å². The van der Waals surface area contributed by atoms with Gasteiger partial charge in [-0.05, 0) is 0 Å². The second kappa shape index (κ2) is 4.16. The molecule has 8 heteroatoms. The topological polar surface area (TPSA) is 119 Å². The lowest BCUT2D eigenvalue weighted by atomic mass is 10.2. The van der Waals surface area contributed by atoms with Crippen LogP contribution < -0.4 is 5.73 Å². The number of nitrogens with two attached hydrogens (primary N) is 1. The van der Waals surface area contributed by atoms with Crippen LogP contribution in [0.25, 0.3) is 11.0 Å². The van der Waals surface area contributed by atoms with Crippen molar-refractivity contribution in [1.82, 2.24) is 19.7 Å². The van der Waals surface area contributed by atoms with E-state index < -0.39 is 18.4 Å². The standard InChI is InChI=1S/C10H13N5O3/c11-9-5-2-15(14-10(5)13-4-12-9)8-1-6(17)7(3-16)18-8/h2,4,6-8,16-17H,1,3H2,(H2,11,12,13,14)/t6-,7+,8+/m0/s1. The largest absolute Gasteiger partial charge is 0.394 e. The Bertz CT molecular complexity index is 572. The summed E-state index contributed by atoms with van der Waals surface area (Å²) in [6.45, 7) is -0.222. The van der Waals surface area contributed by atoms with E-state index in [2.05, 4.69) is 15.1 Å². The van der Waals surface area contributed by atoms with Crippen LogP contribution in [0.1, 0.15) is 12.6 Å². The van der Waals surface area contributed by atoms with Crippen molar-refractivity contribution in [2.24, 2.45) is 0 Å². The Balaban J connectivity index is 1.94. The number of ether oxygens (including phenoxy) is 1. The van der Waals surface area contributed by atoms with E-state index in [9.17, 15) is 5.11 Å². The molecule has 18 heavy (non-hydrogen) atoms. The summed E-state index contributed by atoms with van der Waals surface area (Å²) >= 11 is 0. The molecule has 1 saturated heterocycles. The maximum atomic E-state index is 9.67. The number of rotatable bonds is 2. The van der Waals surface area contributed by atoms with Crippen LogP contribution in [0.5, 0.6) is 0 Å². The highest BCUT2D eigenvalue weighted by Gasteiger charge is 2.35. The van der Waals surface area contributed by atoms with Gasteiger partial charge in [0.2, 0.25) is 0 Å². The molecule has 1 fully saturated rings. The molecule has 1 aliphatic heterocycles. The number of anilines is 1. The van der Waals surface area contributed by atoms with Gasteiger partial charge in [-0.15, -0.1) is 5.10 Å². The summed E-state index contributed by atoms with van der Waals surface area (Å²) in [5.74, 6) is 0.350. The average molecular weight is 251 g/mol. The lowest BCUT2D eigenvalue weighted by Crippen LogP contribution is -2.24. The number of aromatic nitrogens is 4. The van der Waals surface area contributed by atoms with Crippen LogP contribution in [0, 0.1) is 0 Å². The van der Waals surface area contributed by atoms with Crippen LogP contribution >= 0.6 is 0 Å². The first-order chi connectivity index (χ1) is 8.69. The Morgan fingerprint density at radius 3 is 3.00 bits per heavy atom. The van der Waals surface area contributed by atoms with Crippen molar-refractivity contribution in [2.75, 3.05) is 12.3 Å². The molecule has 0 bridgehead atoms. The quantitative estimate of drug-likeness (QED) is 0.629. The molecular formula is C10H13N5O3. The summed E-state index contributed by atoms with van der Waals surface area (Å²) in [5, 5.41) is 23.6. The van der Waals surface area contributed by atoms with Crippen molar-refractivity contribution >= 4 is 16.9 Å². The van der Waals surface area contributed by atoms with Crippen LogP contribution in [0.3, 0.4) is 0 Å². The van der Waals surface area contributed by atoms with Crippen molar-refractivity contribution < 1.29 is 14.9 Å². The van der Waals surface area contributed by atoms with E-state index in [0.717, 1.165) is 0 Å². The zero-order valence-corrected chi connectivity index (χ0v) is 9.47. The average Bonchev–Trinajstić information content (AvgIpc) is 2.93. The third-order valence-electron chi connectivity index (χ3n) is 3.04. The van der Waals surface area contributed by atoms with Gasteiger partial charge in [0.15, 0.2) is 11.9 Å². The highest BCUT2D eigenvalue weighted by molar-refractivity contribution is 5.84. The smallest absolute Gasteiger partial charge is 0.186 e. The molecule has 3 rings (SSSR count). The SMILES string of the molecule is Nc1ncnc2nn([C@H]3C[C@H](O)[C@@H](CO)O3)cc12. The highest BCUT2D eigenvalue weighted by atomic mass is 16.5. The zero-order valence-electron chi connectivity index (χ0n) is 9.47. The van der Waals surface area contributed by atoms with Crippen LogP contribution in [0.15, 0.2) is 12.5 Å². The monoisotopic (exact) mass is 251 g/mol. The molecular weight excluding hydrogens is 238 g/mol. The van der Waals surface area contributed by atoms with E-state index in [0.29, 0.717) is 23.3 Å². The fraction of sp³-hybridized carbons (Fsp3) is 0.500. The first kappa shape index (κ1) is 11.3. The molecule has 3 atom stereocenters. The fourth-order valence-electron chi connectivity index (χ4n) is 2.06. The number of nitrogen functional groups attached to an aromatic ring is 1. The minimum Gasteiger partial charge on any atom is -0.394 e. The zero-order chi connectivity index (χ0) is 12.7. The normalized spacial score (nSPS) is 28.0. The minimum absolute atomic E-state index is 0.222. The molecule has 0 saturated carbocycles. The molecule has 0 aliphatic carbocycles. The van der Waals surface area contributed by atoms with Gasteiger partial charge < -0.3 is 20.7 Å². The molecule has 2 aromatic heterocycles. The number of hydrogen-bond acceptors (Lipinski definition) is 7. The predicted molar refractivity (Wildman–Crippen MR) is 61.4 cm³/mol. The first-order valence-electron chi connectivity index (χ1n) is 5.58. The number of aliphatic hydroxyl groups excluding tert-OH is 2. The molecule has 0 aromatic carbocycles. The van der Waals surface area contributed by atoms with Gasteiger partial charge >= 0.3 is 0 Å². The predicted octanol–water partition coefficient (Wildman–Crippen LogP) is -0.951. The highest BCUT2D eigenvalue weighted by Crippen LogP contribution is 2.29. The van der Waals surface area contributed by atoms with Gasteiger partial charge in [0.05, 0.1) is 18.1 Å². The molecule has 96 valence electrons. The van der Waals surface area contributed by atoms with Crippen molar-refractivity contribution in [3.8, 4) is 0 Å². The van der Waals surface area contributed by atoms with Crippen LogP contribution in [0.2, 0.25) is 0 Å². The van der Waals surface area contributed by atoms with Gasteiger partial charge in [-0.3, -0.25) is 0 Å². The number of aliphatic hydroxyl groups is 2. The molecule has 3 heterocycles. The van der Waals surface area contributed by atoms with E-state index in [1.807, 2.05) is 0 Å². The molecule has 2 aromatic rings. The van der Waals surface area contributed by atoms with E-state index in [1.165, 1.54) is 6.33 Å². The van der Waals surface area contributed by atoms with Gasteiger partial charge in [-0.25, -0.2) is 14.6 Å². The molecule has 0 amide bonds. The molecule has 0 spiro atoms. The van der Waals surface area contributed by atoms with Crippen LogP contribution in [0.4, 0.5) is 5.82 Å². The molecule has 0 unspecified atom stereocenters. The van der Waals surface area contributed by atoms with Gasteiger partial charge in [0, 0.05) is 12.6 Å². The van der Waals surface area contributed by atoms with Crippen molar-refractivity contribution in [2.45, 2.75) is 24.9 Å². The number of hydrogen-bond donors (Lipinski definition) is 3. The third-order valence-corrected chi connectivity index (χ3v) is 3.04. The summed E-state index contributed by atoms with van der Waals surface area (Å²) in [6.07, 6.45) is 1.69. The molecule has 1 aliphatic rings. The van der Waals surface area contributed by atoms with E-state index >= 15 is 0 Å². The summed E-state index contributed by atoms with van der Waals surface area (Å²) in [7, 11) is 0. The van der Waals surface area contributed by atoms with Crippen molar-refractivity contribution in [3.63, 3.8) is 0 Å². The Morgan fingerprint density at radius 1 is 1.50 bits per heavy atom.